The van der Waals surface area contributed by atoms with Gasteiger partial charge in [0.25, 0.3) is 0 Å². The predicted octanol–water partition coefficient (Wildman–Crippen LogP) is 1.92. The van der Waals surface area contributed by atoms with Crippen molar-refractivity contribution in [1.82, 2.24) is 0 Å². The third-order valence-electron chi connectivity index (χ3n) is 1.07. The first-order chi connectivity index (χ1) is 3.83. The van der Waals surface area contributed by atoms with Crippen molar-refractivity contribution in [1.29, 1.82) is 5.26 Å². The third-order valence-corrected chi connectivity index (χ3v) is 2.18. The summed E-state index contributed by atoms with van der Waals surface area (Å²) >= 11 is 1.67. The molecule has 1 atom stereocenters. The molecular weight excluding hydrogens is 118 g/mol. The largest absolute Gasteiger partial charge is 0.192 e. The van der Waals surface area contributed by atoms with Crippen molar-refractivity contribution in [3.05, 3.63) is 11.0 Å². The number of nitrogens with zero attached hydrogens (tertiary/aromatic N) is 1. The minimum absolute atomic E-state index is 0.629. The van der Waals surface area contributed by atoms with Gasteiger partial charge in [0.2, 0.25) is 0 Å². The first kappa shape index (κ1) is 5.71. The molecule has 0 aromatic heterocycles. The zero-order chi connectivity index (χ0) is 5.98. The van der Waals surface area contributed by atoms with Gasteiger partial charge < -0.3 is 0 Å². The van der Waals surface area contributed by atoms with Crippen LogP contribution < -0.4 is 0 Å². The summed E-state index contributed by atoms with van der Waals surface area (Å²) in [5, 5.41) is 8.97. The molecule has 0 radical (unpaired) electrons. The highest BCUT2D eigenvalue weighted by atomic mass is 32.2. The lowest BCUT2D eigenvalue weighted by Crippen LogP contribution is -1.83. The van der Waals surface area contributed by atoms with Gasteiger partial charge >= 0.3 is 0 Å². The Kier molecular flexibility index (Phi) is 1.59. The van der Waals surface area contributed by atoms with Crippen LogP contribution >= 0.6 is 11.8 Å². The van der Waals surface area contributed by atoms with Crippen molar-refractivity contribution < 1.29 is 0 Å². The standard InChI is InChI=1S/C6H7NS/c1-5-2-3-6(4-7)8-5/h3,5H,2H2,1H3. The molecule has 0 aromatic carbocycles. The lowest BCUT2D eigenvalue weighted by Gasteiger charge is -1.93. The van der Waals surface area contributed by atoms with Gasteiger partial charge in [-0.2, -0.15) is 5.26 Å². The van der Waals surface area contributed by atoms with Gasteiger partial charge in [-0.1, -0.05) is 13.0 Å². The number of hydrogen-bond donors (Lipinski definition) is 0. The molecule has 1 nitrogen and oxygen atoms in total. The van der Waals surface area contributed by atoms with Crippen LogP contribution in [0, 0.1) is 11.3 Å². The van der Waals surface area contributed by atoms with Gasteiger partial charge in [-0.25, -0.2) is 0 Å². The SMILES string of the molecule is CC1CC=C(C#N)S1. The van der Waals surface area contributed by atoms with E-state index in [0.29, 0.717) is 5.25 Å². The average Bonchev–Trinajstić information content (AvgIpc) is 2.14. The number of hydrogen-bond acceptors (Lipinski definition) is 2. The molecule has 0 bridgehead atoms. The van der Waals surface area contributed by atoms with Gasteiger partial charge in [0, 0.05) is 5.25 Å². The highest BCUT2D eigenvalue weighted by Crippen LogP contribution is 2.30. The van der Waals surface area contributed by atoms with Crippen LogP contribution in [0.25, 0.3) is 0 Å². The number of thioether (sulfide) groups is 1. The molecule has 0 aromatic rings. The van der Waals surface area contributed by atoms with Crippen molar-refractivity contribution in [2.45, 2.75) is 18.6 Å². The minimum Gasteiger partial charge on any atom is -0.192 e. The van der Waals surface area contributed by atoms with E-state index in [1.54, 1.807) is 11.8 Å². The van der Waals surface area contributed by atoms with Crippen LogP contribution in [0.2, 0.25) is 0 Å². The lowest BCUT2D eigenvalue weighted by molar-refractivity contribution is 1.00. The van der Waals surface area contributed by atoms with Crippen LogP contribution in [0.4, 0.5) is 0 Å². The summed E-state index contributed by atoms with van der Waals surface area (Å²) in [7, 11) is 0. The second kappa shape index (κ2) is 2.23. The van der Waals surface area contributed by atoms with Crippen molar-refractivity contribution in [2.24, 2.45) is 0 Å². The van der Waals surface area contributed by atoms with Crippen LogP contribution in [0.1, 0.15) is 13.3 Å². The van der Waals surface area contributed by atoms with E-state index in [1.807, 2.05) is 6.08 Å². The van der Waals surface area contributed by atoms with Crippen molar-refractivity contribution >= 4 is 11.8 Å². The van der Waals surface area contributed by atoms with E-state index in [0.717, 1.165) is 11.3 Å². The quantitative estimate of drug-likeness (QED) is 0.494. The molecule has 8 heavy (non-hydrogen) atoms. The molecule has 1 aliphatic heterocycles. The van der Waals surface area contributed by atoms with E-state index in [9.17, 15) is 0 Å². The van der Waals surface area contributed by atoms with Gasteiger partial charge in [-0.15, -0.1) is 11.8 Å². The van der Waals surface area contributed by atoms with Crippen LogP contribution in [-0.2, 0) is 0 Å². The summed E-state index contributed by atoms with van der Waals surface area (Å²) in [5.74, 6) is 0. The topological polar surface area (TPSA) is 23.8 Å². The van der Waals surface area contributed by atoms with E-state index in [-0.39, 0.29) is 0 Å². The molecule has 0 N–H and O–H groups in total. The number of allylic oxidation sites excluding steroid dienone is 2. The van der Waals surface area contributed by atoms with E-state index in [4.69, 9.17) is 5.26 Å². The lowest BCUT2D eigenvalue weighted by atomic mass is 10.3. The normalized spacial score (nSPS) is 27.0. The zero-order valence-corrected chi connectivity index (χ0v) is 5.53. The van der Waals surface area contributed by atoms with E-state index >= 15 is 0 Å². The zero-order valence-electron chi connectivity index (χ0n) is 4.72. The fourth-order valence-electron chi connectivity index (χ4n) is 0.658. The van der Waals surface area contributed by atoms with E-state index in [1.165, 1.54) is 0 Å². The van der Waals surface area contributed by atoms with E-state index in [2.05, 4.69) is 13.0 Å². The Morgan fingerprint density at radius 2 is 2.75 bits per heavy atom. The van der Waals surface area contributed by atoms with Crippen LogP contribution in [-0.4, -0.2) is 5.25 Å². The van der Waals surface area contributed by atoms with Crippen molar-refractivity contribution in [3.63, 3.8) is 0 Å². The van der Waals surface area contributed by atoms with Gasteiger partial charge in [0.15, 0.2) is 0 Å². The molecule has 2 heteroatoms. The smallest absolute Gasteiger partial charge is 0.106 e. The van der Waals surface area contributed by atoms with Crippen LogP contribution in [0.3, 0.4) is 0 Å². The van der Waals surface area contributed by atoms with Crippen molar-refractivity contribution in [3.8, 4) is 6.07 Å². The van der Waals surface area contributed by atoms with Crippen LogP contribution in [0.5, 0.6) is 0 Å². The average molecular weight is 125 g/mol. The summed E-state index contributed by atoms with van der Waals surface area (Å²) in [6.07, 6.45) is 3.06. The monoisotopic (exact) mass is 125 g/mol. The molecule has 0 fully saturated rings. The summed E-state index contributed by atoms with van der Waals surface area (Å²) in [5.41, 5.74) is 0. The number of nitriles is 1. The van der Waals surface area contributed by atoms with Gasteiger partial charge in [0.1, 0.15) is 6.07 Å². The first-order valence-electron chi connectivity index (χ1n) is 2.60. The number of rotatable bonds is 0. The maximum Gasteiger partial charge on any atom is 0.106 e. The molecule has 0 saturated heterocycles. The van der Waals surface area contributed by atoms with Crippen LogP contribution in [0.15, 0.2) is 11.0 Å². The summed E-state index contributed by atoms with van der Waals surface area (Å²) in [6, 6.07) is 2.12. The maximum atomic E-state index is 8.34. The predicted molar refractivity (Wildman–Crippen MR) is 35.4 cm³/mol. The fourth-order valence-corrected chi connectivity index (χ4v) is 1.53. The molecule has 0 amide bonds. The maximum absolute atomic E-state index is 8.34. The minimum atomic E-state index is 0.629. The highest BCUT2D eigenvalue weighted by Gasteiger charge is 2.11. The molecule has 0 spiro atoms. The molecule has 1 unspecified atom stereocenters. The van der Waals surface area contributed by atoms with Gasteiger partial charge in [-0.05, 0) is 6.42 Å². The molecule has 42 valence electrons. The third kappa shape index (κ3) is 1.05. The van der Waals surface area contributed by atoms with E-state index < -0.39 is 0 Å². The Balaban J connectivity index is 2.53. The molecule has 1 aliphatic rings. The highest BCUT2D eigenvalue weighted by molar-refractivity contribution is 8.04. The molecule has 0 saturated carbocycles. The second-order valence-corrected chi connectivity index (χ2v) is 3.32. The van der Waals surface area contributed by atoms with Gasteiger partial charge in [-0.3, -0.25) is 0 Å². The Bertz CT molecular complexity index is 154. The Morgan fingerprint density at radius 1 is 2.00 bits per heavy atom. The molecule has 0 aliphatic carbocycles. The molecule has 1 rings (SSSR count). The summed E-state index contributed by atoms with van der Waals surface area (Å²) in [4.78, 5) is 0.887. The van der Waals surface area contributed by atoms with Gasteiger partial charge in [0.05, 0.1) is 4.91 Å². The molecular formula is C6H7NS. The van der Waals surface area contributed by atoms with Crippen molar-refractivity contribution in [2.75, 3.05) is 0 Å². The Hall–Kier alpha value is -0.420. The Morgan fingerprint density at radius 3 is 3.00 bits per heavy atom. The second-order valence-electron chi connectivity index (χ2n) is 1.84. The summed E-state index contributed by atoms with van der Waals surface area (Å²) < 4.78 is 0. The summed E-state index contributed by atoms with van der Waals surface area (Å²) in [6.45, 7) is 2.13. The first-order valence-corrected chi connectivity index (χ1v) is 3.48. The molecule has 1 heterocycles. The Labute approximate surface area is 53.4 Å². The fraction of sp³-hybridized carbons (Fsp3) is 0.500.